The average molecular weight is 300 g/mol. The smallest absolute Gasteiger partial charge is 0.477 e. The van der Waals surface area contributed by atoms with Gasteiger partial charge in [-0.05, 0) is 12.1 Å². The van der Waals surface area contributed by atoms with Gasteiger partial charge in [0.15, 0.2) is 0 Å². The second-order valence-electron chi connectivity index (χ2n) is 2.72. The number of benzene rings is 1. The predicted molar refractivity (Wildman–Crippen MR) is 52.2 cm³/mol. The van der Waals surface area contributed by atoms with E-state index in [4.69, 9.17) is 10.8 Å². The molecule has 0 aliphatic heterocycles. The summed E-state index contributed by atoms with van der Waals surface area (Å²) < 4.78 is 39.7. The molecule has 16 heavy (non-hydrogen) atoms. The maximum atomic E-state index is 12.0. The Hall–Kier alpha value is -1.44. The maximum absolute atomic E-state index is 12.0. The van der Waals surface area contributed by atoms with Gasteiger partial charge in [0.1, 0.15) is 11.3 Å². The van der Waals surface area contributed by atoms with Gasteiger partial charge in [-0.3, -0.25) is 0 Å². The van der Waals surface area contributed by atoms with Crippen LogP contribution in [0.5, 0.6) is 5.75 Å². The van der Waals surface area contributed by atoms with Gasteiger partial charge in [0.2, 0.25) is 0 Å². The molecule has 0 aromatic heterocycles. The fourth-order valence-electron chi connectivity index (χ4n) is 1.04. The van der Waals surface area contributed by atoms with Gasteiger partial charge in [0, 0.05) is 4.47 Å². The number of carbonyl (C=O) groups is 1. The molecule has 1 rings (SSSR count). The number of nitrogen functional groups attached to an aromatic ring is 1. The topological polar surface area (TPSA) is 72.5 Å². The van der Waals surface area contributed by atoms with Crippen molar-refractivity contribution in [3.8, 4) is 5.75 Å². The van der Waals surface area contributed by atoms with Crippen molar-refractivity contribution in [3.63, 3.8) is 0 Å². The zero-order chi connectivity index (χ0) is 12.5. The molecule has 0 saturated carbocycles. The van der Waals surface area contributed by atoms with Gasteiger partial charge in [0.25, 0.3) is 0 Å². The summed E-state index contributed by atoms with van der Waals surface area (Å²) in [4.78, 5) is 10.7. The van der Waals surface area contributed by atoms with Crippen LogP contribution in [0.3, 0.4) is 0 Å². The van der Waals surface area contributed by atoms with Gasteiger partial charge in [-0.25, -0.2) is 4.79 Å². The molecule has 0 atom stereocenters. The second-order valence-corrected chi connectivity index (χ2v) is 3.64. The van der Waals surface area contributed by atoms with Crippen LogP contribution in [0.4, 0.5) is 18.9 Å². The van der Waals surface area contributed by atoms with Crippen LogP contribution in [0.1, 0.15) is 10.4 Å². The van der Waals surface area contributed by atoms with Crippen molar-refractivity contribution >= 4 is 27.6 Å². The van der Waals surface area contributed by atoms with Crippen molar-refractivity contribution in [2.75, 3.05) is 5.73 Å². The van der Waals surface area contributed by atoms with Crippen LogP contribution in [0.15, 0.2) is 16.6 Å². The average Bonchev–Trinajstić information content (AvgIpc) is 1.96. The highest BCUT2D eigenvalue weighted by Gasteiger charge is 2.33. The van der Waals surface area contributed by atoms with Crippen LogP contribution < -0.4 is 10.5 Å². The van der Waals surface area contributed by atoms with Crippen molar-refractivity contribution in [2.45, 2.75) is 6.36 Å². The van der Waals surface area contributed by atoms with Crippen molar-refractivity contribution in [1.82, 2.24) is 0 Å². The highest BCUT2D eigenvalue weighted by Crippen LogP contribution is 2.33. The first kappa shape index (κ1) is 12.6. The molecule has 8 heteroatoms. The Balaban J connectivity index is 3.30. The quantitative estimate of drug-likeness (QED) is 0.824. The number of nitrogens with two attached hydrogens (primary N) is 1. The number of alkyl halides is 3. The molecule has 0 bridgehead atoms. The highest BCUT2D eigenvalue weighted by molar-refractivity contribution is 9.10. The molecule has 0 aliphatic rings. The molecule has 0 unspecified atom stereocenters. The molecule has 3 N–H and O–H groups in total. The van der Waals surface area contributed by atoms with E-state index in [1.165, 1.54) is 6.07 Å². The summed E-state index contributed by atoms with van der Waals surface area (Å²) >= 11 is 2.88. The van der Waals surface area contributed by atoms with E-state index in [0.29, 0.717) is 0 Å². The summed E-state index contributed by atoms with van der Waals surface area (Å²) in [6, 6.07) is 2.06. The number of rotatable bonds is 2. The van der Waals surface area contributed by atoms with Crippen LogP contribution >= 0.6 is 15.9 Å². The van der Waals surface area contributed by atoms with Gasteiger partial charge in [0.05, 0.1) is 5.69 Å². The Morgan fingerprint density at radius 1 is 1.44 bits per heavy atom. The van der Waals surface area contributed by atoms with Gasteiger partial charge < -0.3 is 15.6 Å². The van der Waals surface area contributed by atoms with Gasteiger partial charge in [-0.15, -0.1) is 13.2 Å². The molecule has 1 aromatic rings. The number of carboxylic acids is 1. The zero-order valence-corrected chi connectivity index (χ0v) is 9.09. The molecule has 0 heterocycles. The standard InChI is InChI=1S/C8H5BrF3NO3/c9-3-1-4(13)6(7(14)15)5(2-3)16-8(10,11)12/h1-2H,13H2,(H,14,15). The van der Waals surface area contributed by atoms with Gasteiger partial charge in [-0.1, -0.05) is 15.9 Å². The van der Waals surface area contributed by atoms with Crippen molar-refractivity contribution in [2.24, 2.45) is 0 Å². The summed E-state index contributed by atoms with van der Waals surface area (Å²) in [6.07, 6.45) is -4.97. The van der Waals surface area contributed by atoms with Crippen molar-refractivity contribution < 1.29 is 27.8 Å². The largest absolute Gasteiger partial charge is 0.573 e. The molecular weight excluding hydrogens is 295 g/mol. The molecule has 4 nitrogen and oxygen atoms in total. The predicted octanol–water partition coefficient (Wildman–Crippen LogP) is 2.63. The number of ether oxygens (including phenoxy) is 1. The molecule has 1 aromatic carbocycles. The molecule has 0 spiro atoms. The van der Waals surface area contributed by atoms with Crippen LogP contribution in [-0.4, -0.2) is 17.4 Å². The zero-order valence-electron chi connectivity index (χ0n) is 7.51. The molecule has 0 fully saturated rings. The first-order valence-electron chi connectivity index (χ1n) is 3.79. The fraction of sp³-hybridized carbons (Fsp3) is 0.125. The molecule has 88 valence electrons. The summed E-state index contributed by atoms with van der Waals surface area (Å²) in [7, 11) is 0. The van der Waals surface area contributed by atoms with Crippen LogP contribution in [-0.2, 0) is 0 Å². The first-order valence-corrected chi connectivity index (χ1v) is 4.58. The lowest BCUT2D eigenvalue weighted by atomic mass is 10.1. The normalized spacial score (nSPS) is 11.2. The Labute approximate surface area is 95.9 Å². The van der Waals surface area contributed by atoms with E-state index in [-0.39, 0.29) is 10.2 Å². The minimum Gasteiger partial charge on any atom is -0.477 e. The fourth-order valence-corrected chi connectivity index (χ4v) is 1.49. The summed E-state index contributed by atoms with van der Waals surface area (Å²) in [6.45, 7) is 0. The SMILES string of the molecule is Nc1cc(Br)cc(OC(F)(F)F)c1C(=O)O. The molecule has 0 amide bonds. The van der Waals surface area contributed by atoms with E-state index < -0.39 is 23.6 Å². The number of hydrogen-bond acceptors (Lipinski definition) is 3. The van der Waals surface area contributed by atoms with E-state index in [9.17, 15) is 18.0 Å². The summed E-state index contributed by atoms with van der Waals surface area (Å²) in [5.41, 5.74) is 4.24. The minimum atomic E-state index is -4.97. The van der Waals surface area contributed by atoms with Gasteiger partial charge >= 0.3 is 12.3 Å². The first-order chi connectivity index (χ1) is 7.20. The van der Waals surface area contributed by atoms with E-state index in [0.717, 1.165) is 6.07 Å². The highest BCUT2D eigenvalue weighted by atomic mass is 79.9. The number of halogens is 4. The lowest BCUT2D eigenvalue weighted by molar-refractivity contribution is -0.274. The van der Waals surface area contributed by atoms with Crippen molar-refractivity contribution in [3.05, 3.63) is 22.2 Å². The summed E-state index contributed by atoms with van der Waals surface area (Å²) in [5, 5.41) is 8.69. The lowest BCUT2D eigenvalue weighted by Crippen LogP contribution is -2.19. The number of hydrogen-bond donors (Lipinski definition) is 2. The van der Waals surface area contributed by atoms with E-state index >= 15 is 0 Å². The number of carboxylic acid groups (broad SMARTS) is 1. The van der Waals surface area contributed by atoms with E-state index in [2.05, 4.69) is 20.7 Å². The minimum absolute atomic E-state index is 0.189. The molecule has 0 saturated heterocycles. The number of aromatic carboxylic acids is 1. The molecular formula is C8H5BrF3NO3. The van der Waals surface area contributed by atoms with Crippen molar-refractivity contribution in [1.29, 1.82) is 0 Å². The third kappa shape index (κ3) is 3.02. The Bertz CT molecular complexity index is 433. The third-order valence-electron chi connectivity index (χ3n) is 1.54. The number of anilines is 1. The monoisotopic (exact) mass is 299 g/mol. The Morgan fingerprint density at radius 3 is 2.44 bits per heavy atom. The van der Waals surface area contributed by atoms with E-state index in [1.807, 2.05) is 0 Å². The van der Waals surface area contributed by atoms with Crippen LogP contribution in [0.25, 0.3) is 0 Å². The van der Waals surface area contributed by atoms with Crippen LogP contribution in [0, 0.1) is 0 Å². The van der Waals surface area contributed by atoms with Gasteiger partial charge in [-0.2, -0.15) is 0 Å². The lowest BCUT2D eigenvalue weighted by Gasteiger charge is -2.13. The van der Waals surface area contributed by atoms with Crippen LogP contribution in [0.2, 0.25) is 0 Å². The Kier molecular flexibility index (Phi) is 3.32. The Morgan fingerprint density at radius 2 is 2.00 bits per heavy atom. The summed E-state index contributed by atoms with van der Waals surface area (Å²) in [5.74, 6) is -2.45. The molecule has 0 aliphatic carbocycles. The second kappa shape index (κ2) is 4.20. The maximum Gasteiger partial charge on any atom is 0.573 e. The molecule has 0 radical (unpaired) electrons. The van der Waals surface area contributed by atoms with E-state index in [1.54, 1.807) is 0 Å². The third-order valence-corrected chi connectivity index (χ3v) is 1.99.